The smallest absolute Gasteiger partial charge is 0.181 e. The first-order valence-corrected chi connectivity index (χ1v) is 6.49. The van der Waals surface area contributed by atoms with Crippen molar-refractivity contribution < 1.29 is 18.3 Å². The van der Waals surface area contributed by atoms with Gasteiger partial charge in [-0.05, 0) is 38.1 Å². The highest BCUT2D eigenvalue weighted by molar-refractivity contribution is 7.91. The van der Waals surface area contributed by atoms with Gasteiger partial charge in [-0.2, -0.15) is 0 Å². The summed E-state index contributed by atoms with van der Waals surface area (Å²) in [6.07, 6.45) is 0. The first-order chi connectivity index (χ1) is 7.24. The molecule has 0 bridgehead atoms. The molecule has 16 heavy (non-hydrogen) atoms. The number of sulfone groups is 1. The Balaban J connectivity index is 2.99. The lowest BCUT2D eigenvalue weighted by Gasteiger charge is -2.16. The second-order valence-corrected chi connectivity index (χ2v) is 6.24. The molecular weight excluding hydrogens is 228 g/mol. The molecule has 0 atom stereocenters. The summed E-state index contributed by atoms with van der Waals surface area (Å²) in [5.41, 5.74) is -1.24. The van der Waals surface area contributed by atoms with E-state index in [1.165, 1.54) is 33.1 Å². The molecule has 1 aromatic carbocycles. The van der Waals surface area contributed by atoms with Crippen molar-refractivity contribution in [3.05, 3.63) is 24.3 Å². The van der Waals surface area contributed by atoms with Crippen LogP contribution in [0.1, 0.15) is 13.8 Å². The van der Waals surface area contributed by atoms with Crippen molar-refractivity contribution in [1.82, 2.24) is 0 Å². The molecule has 0 spiro atoms. The van der Waals surface area contributed by atoms with Gasteiger partial charge in [-0.25, -0.2) is 8.42 Å². The summed E-state index contributed by atoms with van der Waals surface area (Å²) in [4.78, 5) is 0.190. The van der Waals surface area contributed by atoms with Crippen LogP contribution < -0.4 is 4.74 Å². The average molecular weight is 244 g/mol. The molecule has 4 nitrogen and oxygen atoms in total. The Morgan fingerprint density at radius 3 is 2.12 bits per heavy atom. The van der Waals surface area contributed by atoms with Gasteiger partial charge >= 0.3 is 0 Å². The SMILES string of the molecule is COc1ccc(S(=O)(=O)CC(C)(C)O)cc1. The van der Waals surface area contributed by atoms with Crippen molar-refractivity contribution >= 4 is 9.84 Å². The summed E-state index contributed by atoms with van der Waals surface area (Å²) in [5.74, 6) is 0.300. The number of rotatable bonds is 4. The Hall–Kier alpha value is -1.07. The molecule has 0 saturated heterocycles. The highest BCUT2D eigenvalue weighted by Crippen LogP contribution is 2.19. The summed E-state index contributed by atoms with van der Waals surface area (Å²) >= 11 is 0. The average Bonchev–Trinajstić information content (AvgIpc) is 2.14. The fourth-order valence-electron chi connectivity index (χ4n) is 1.33. The first kappa shape index (κ1) is 13.0. The molecule has 0 amide bonds. The second-order valence-electron chi connectivity index (χ2n) is 4.25. The summed E-state index contributed by atoms with van der Waals surface area (Å²) < 4.78 is 28.6. The third kappa shape index (κ3) is 3.50. The lowest BCUT2D eigenvalue weighted by molar-refractivity contribution is 0.105. The third-order valence-electron chi connectivity index (χ3n) is 1.96. The minimum absolute atomic E-state index is 0.190. The number of benzene rings is 1. The maximum atomic E-state index is 11.8. The first-order valence-electron chi connectivity index (χ1n) is 4.84. The summed E-state index contributed by atoms with van der Waals surface area (Å²) in [7, 11) is -1.93. The lowest BCUT2D eigenvalue weighted by Crippen LogP contribution is -2.30. The molecule has 0 radical (unpaired) electrons. The topological polar surface area (TPSA) is 63.6 Å². The molecule has 0 aliphatic rings. The summed E-state index contributed by atoms with van der Waals surface area (Å²) in [5, 5.41) is 9.51. The van der Waals surface area contributed by atoms with Gasteiger partial charge < -0.3 is 9.84 Å². The molecule has 1 N–H and O–H groups in total. The van der Waals surface area contributed by atoms with Crippen LogP contribution in [0.4, 0.5) is 0 Å². The van der Waals surface area contributed by atoms with Crippen LogP contribution >= 0.6 is 0 Å². The Bertz CT molecular complexity index is 440. The maximum Gasteiger partial charge on any atom is 0.181 e. The zero-order chi connectivity index (χ0) is 12.4. The number of ether oxygens (including phenoxy) is 1. The molecule has 0 saturated carbocycles. The fourth-order valence-corrected chi connectivity index (χ4v) is 2.98. The molecule has 1 rings (SSSR count). The number of methoxy groups -OCH3 is 1. The minimum Gasteiger partial charge on any atom is -0.497 e. The van der Waals surface area contributed by atoms with Crippen LogP contribution in [-0.4, -0.2) is 32.0 Å². The molecule has 1 aromatic rings. The predicted octanol–water partition coefficient (Wildman–Crippen LogP) is 1.24. The van der Waals surface area contributed by atoms with Gasteiger partial charge in [-0.1, -0.05) is 0 Å². The Labute approximate surface area is 95.8 Å². The van der Waals surface area contributed by atoms with Crippen molar-refractivity contribution in [3.63, 3.8) is 0 Å². The molecule has 5 heteroatoms. The van der Waals surface area contributed by atoms with Gasteiger partial charge in [-0.15, -0.1) is 0 Å². The van der Waals surface area contributed by atoms with E-state index in [2.05, 4.69) is 0 Å². The Kier molecular flexibility index (Phi) is 3.60. The van der Waals surface area contributed by atoms with Crippen molar-refractivity contribution in [3.8, 4) is 5.75 Å². The van der Waals surface area contributed by atoms with Crippen LogP contribution in [0.15, 0.2) is 29.2 Å². The zero-order valence-electron chi connectivity index (χ0n) is 9.60. The minimum atomic E-state index is -3.45. The van der Waals surface area contributed by atoms with Crippen LogP contribution in [0, 0.1) is 0 Å². The van der Waals surface area contributed by atoms with Crippen molar-refractivity contribution in [2.24, 2.45) is 0 Å². The van der Waals surface area contributed by atoms with Crippen molar-refractivity contribution in [2.45, 2.75) is 24.3 Å². The van der Waals surface area contributed by atoms with Gasteiger partial charge in [0, 0.05) is 0 Å². The van der Waals surface area contributed by atoms with Crippen LogP contribution in [0.3, 0.4) is 0 Å². The normalized spacial score (nSPS) is 12.5. The lowest BCUT2D eigenvalue weighted by atomic mass is 10.2. The molecular formula is C11H16O4S. The fraction of sp³-hybridized carbons (Fsp3) is 0.455. The standard InChI is InChI=1S/C11H16O4S/c1-11(2,12)8-16(13,14)10-6-4-9(15-3)5-7-10/h4-7,12H,8H2,1-3H3. The Morgan fingerprint density at radius 2 is 1.75 bits per heavy atom. The quantitative estimate of drug-likeness (QED) is 0.865. The highest BCUT2D eigenvalue weighted by Gasteiger charge is 2.24. The molecule has 0 unspecified atom stereocenters. The number of hydrogen-bond donors (Lipinski definition) is 1. The van der Waals surface area contributed by atoms with Crippen molar-refractivity contribution in [1.29, 1.82) is 0 Å². The molecule has 0 aliphatic heterocycles. The molecule has 0 fully saturated rings. The van der Waals surface area contributed by atoms with E-state index < -0.39 is 15.4 Å². The summed E-state index contributed by atoms with van der Waals surface area (Å²) in [6, 6.07) is 6.11. The summed E-state index contributed by atoms with van der Waals surface area (Å²) in [6.45, 7) is 2.93. The van der Waals surface area contributed by atoms with E-state index in [0.29, 0.717) is 5.75 Å². The van der Waals surface area contributed by atoms with E-state index in [0.717, 1.165) is 0 Å². The van der Waals surface area contributed by atoms with Gasteiger partial charge in [0.2, 0.25) is 0 Å². The van der Waals surface area contributed by atoms with Crippen LogP contribution in [0.2, 0.25) is 0 Å². The van der Waals surface area contributed by atoms with Gasteiger partial charge in [0.05, 0.1) is 23.4 Å². The van der Waals surface area contributed by atoms with Gasteiger partial charge in [0.15, 0.2) is 9.84 Å². The number of hydrogen-bond acceptors (Lipinski definition) is 4. The molecule has 0 aromatic heterocycles. The van der Waals surface area contributed by atoms with E-state index >= 15 is 0 Å². The van der Waals surface area contributed by atoms with Gasteiger partial charge in [0.25, 0.3) is 0 Å². The second kappa shape index (κ2) is 4.43. The van der Waals surface area contributed by atoms with E-state index in [9.17, 15) is 13.5 Å². The van der Waals surface area contributed by atoms with E-state index in [1.807, 2.05) is 0 Å². The van der Waals surface area contributed by atoms with Crippen molar-refractivity contribution in [2.75, 3.05) is 12.9 Å². The predicted molar refractivity (Wildman–Crippen MR) is 61.3 cm³/mol. The Morgan fingerprint density at radius 1 is 1.25 bits per heavy atom. The monoisotopic (exact) mass is 244 g/mol. The largest absolute Gasteiger partial charge is 0.497 e. The molecule has 90 valence electrons. The van der Waals surface area contributed by atoms with E-state index in [-0.39, 0.29) is 10.6 Å². The maximum absolute atomic E-state index is 11.8. The zero-order valence-corrected chi connectivity index (χ0v) is 10.4. The van der Waals surface area contributed by atoms with Gasteiger partial charge in [0.1, 0.15) is 5.75 Å². The number of aliphatic hydroxyl groups is 1. The highest BCUT2D eigenvalue weighted by atomic mass is 32.2. The van der Waals surface area contributed by atoms with Crippen LogP contribution in [-0.2, 0) is 9.84 Å². The third-order valence-corrected chi connectivity index (χ3v) is 4.04. The van der Waals surface area contributed by atoms with E-state index in [1.54, 1.807) is 12.1 Å². The van der Waals surface area contributed by atoms with E-state index in [4.69, 9.17) is 4.74 Å². The van der Waals surface area contributed by atoms with Crippen LogP contribution in [0.5, 0.6) is 5.75 Å². The van der Waals surface area contributed by atoms with Gasteiger partial charge in [-0.3, -0.25) is 0 Å². The van der Waals surface area contributed by atoms with Crippen LogP contribution in [0.25, 0.3) is 0 Å². The molecule has 0 heterocycles. The molecule has 0 aliphatic carbocycles.